The van der Waals surface area contributed by atoms with Crippen LogP contribution in [-0.4, -0.2) is 40.3 Å². The number of halogens is 1. The number of hydrogen-bond acceptors (Lipinski definition) is 4. The van der Waals surface area contributed by atoms with Crippen molar-refractivity contribution in [3.8, 4) is 5.75 Å². The highest BCUT2D eigenvalue weighted by atomic mass is 127. The standard InChI is InChI=1S/C20H27N3O3S.HI/c1-4-17(15-27(24,25)19-11-6-5-7-12-19)23-20(21-2)22-14-16-9-8-10-18(13-16)26-3;/h5-13,17H,4,14-15H2,1-3H3,(H2,21,22,23);1H. The predicted octanol–water partition coefficient (Wildman–Crippen LogP) is 3.23. The van der Waals surface area contributed by atoms with E-state index >= 15 is 0 Å². The van der Waals surface area contributed by atoms with Crippen molar-refractivity contribution in [3.05, 3.63) is 60.2 Å². The molecule has 154 valence electrons. The Labute approximate surface area is 184 Å². The zero-order valence-electron chi connectivity index (χ0n) is 16.4. The van der Waals surface area contributed by atoms with E-state index in [-0.39, 0.29) is 35.8 Å². The van der Waals surface area contributed by atoms with Crippen molar-refractivity contribution >= 4 is 39.8 Å². The van der Waals surface area contributed by atoms with Crippen molar-refractivity contribution in [1.82, 2.24) is 10.6 Å². The molecule has 0 amide bonds. The summed E-state index contributed by atoms with van der Waals surface area (Å²) in [6.45, 7) is 2.51. The summed E-state index contributed by atoms with van der Waals surface area (Å²) in [4.78, 5) is 4.54. The van der Waals surface area contributed by atoms with Crippen molar-refractivity contribution in [2.24, 2.45) is 4.99 Å². The van der Waals surface area contributed by atoms with Crippen LogP contribution in [0, 0.1) is 0 Å². The molecule has 0 saturated carbocycles. The maximum Gasteiger partial charge on any atom is 0.191 e. The van der Waals surface area contributed by atoms with Crippen LogP contribution in [0.3, 0.4) is 0 Å². The van der Waals surface area contributed by atoms with Gasteiger partial charge < -0.3 is 15.4 Å². The van der Waals surface area contributed by atoms with Gasteiger partial charge in [-0.2, -0.15) is 0 Å². The fourth-order valence-electron chi connectivity index (χ4n) is 2.61. The number of ether oxygens (including phenoxy) is 1. The molecule has 0 fully saturated rings. The van der Waals surface area contributed by atoms with Gasteiger partial charge in [-0.3, -0.25) is 4.99 Å². The maximum absolute atomic E-state index is 12.6. The quantitative estimate of drug-likeness (QED) is 0.320. The van der Waals surface area contributed by atoms with E-state index in [1.165, 1.54) is 0 Å². The van der Waals surface area contributed by atoms with Gasteiger partial charge in [0.05, 0.1) is 17.8 Å². The summed E-state index contributed by atoms with van der Waals surface area (Å²) in [5.74, 6) is 1.36. The van der Waals surface area contributed by atoms with Crippen LogP contribution >= 0.6 is 24.0 Å². The van der Waals surface area contributed by atoms with Crippen molar-refractivity contribution in [3.63, 3.8) is 0 Å². The summed E-state index contributed by atoms with van der Waals surface area (Å²) in [5, 5.41) is 6.42. The molecule has 0 radical (unpaired) electrons. The first kappa shape index (κ1) is 24.2. The lowest BCUT2D eigenvalue weighted by Crippen LogP contribution is -2.45. The van der Waals surface area contributed by atoms with Gasteiger partial charge in [0.1, 0.15) is 5.75 Å². The van der Waals surface area contributed by atoms with Crippen LogP contribution in [0.2, 0.25) is 0 Å². The molecule has 2 aromatic rings. The molecular weight excluding hydrogens is 489 g/mol. The van der Waals surface area contributed by atoms with Gasteiger partial charge in [-0.25, -0.2) is 8.42 Å². The van der Waals surface area contributed by atoms with E-state index in [1.807, 2.05) is 31.2 Å². The smallest absolute Gasteiger partial charge is 0.191 e. The van der Waals surface area contributed by atoms with Crippen LogP contribution in [0.5, 0.6) is 5.75 Å². The number of aliphatic imine (C=N–C) groups is 1. The molecule has 6 nitrogen and oxygen atoms in total. The second kappa shape index (κ2) is 11.9. The first-order chi connectivity index (χ1) is 13.0. The Kier molecular flexibility index (Phi) is 10.3. The predicted molar refractivity (Wildman–Crippen MR) is 124 cm³/mol. The molecule has 28 heavy (non-hydrogen) atoms. The molecule has 0 aliphatic heterocycles. The van der Waals surface area contributed by atoms with Crippen molar-refractivity contribution in [2.45, 2.75) is 30.8 Å². The number of nitrogens with zero attached hydrogens (tertiary/aromatic N) is 1. The molecule has 2 aromatic carbocycles. The molecule has 0 saturated heterocycles. The van der Waals surface area contributed by atoms with E-state index in [9.17, 15) is 8.42 Å². The zero-order valence-corrected chi connectivity index (χ0v) is 19.5. The highest BCUT2D eigenvalue weighted by molar-refractivity contribution is 14.0. The van der Waals surface area contributed by atoms with Crippen LogP contribution in [0.25, 0.3) is 0 Å². The number of rotatable bonds is 8. The molecule has 0 bridgehead atoms. The van der Waals surface area contributed by atoms with E-state index in [2.05, 4.69) is 15.6 Å². The fourth-order valence-corrected chi connectivity index (χ4v) is 4.22. The molecule has 1 unspecified atom stereocenters. The zero-order chi connectivity index (χ0) is 19.7. The van der Waals surface area contributed by atoms with E-state index < -0.39 is 9.84 Å². The summed E-state index contributed by atoms with van der Waals surface area (Å²) in [6, 6.07) is 16.0. The molecule has 0 aliphatic rings. The van der Waals surface area contributed by atoms with E-state index in [1.54, 1.807) is 44.5 Å². The lowest BCUT2D eigenvalue weighted by atomic mass is 10.2. The van der Waals surface area contributed by atoms with Gasteiger partial charge >= 0.3 is 0 Å². The minimum absolute atomic E-state index is 0. The summed E-state index contributed by atoms with van der Waals surface area (Å²) >= 11 is 0. The van der Waals surface area contributed by atoms with Gasteiger partial charge in [0.25, 0.3) is 0 Å². The summed E-state index contributed by atoms with van der Waals surface area (Å²) < 4.78 is 30.4. The number of nitrogens with one attached hydrogen (secondary N) is 2. The van der Waals surface area contributed by atoms with E-state index in [0.717, 1.165) is 11.3 Å². The molecule has 1 atom stereocenters. The Morgan fingerprint density at radius 3 is 2.46 bits per heavy atom. The molecule has 0 aromatic heterocycles. The molecule has 2 rings (SSSR count). The highest BCUT2D eigenvalue weighted by Gasteiger charge is 2.20. The first-order valence-corrected chi connectivity index (χ1v) is 10.5. The minimum atomic E-state index is -3.36. The average molecular weight is 517 g/mol. The molecule has 0 aliphatic carbocycles. The third-order valence-corrected chi connectivity index (χ3v) is 6.01. The van der Waals surface area contributed by atoms with Crippen molar-refractivity contribution in [2.75, 3.05) is 19.9 Å². The topological polar surface area (TPSA) is 79.8 Å². The van der Waals surface area contributed by atoms with Gasteiger partial charge in [-0.1, -0.05) is 37.3 Å². The third kappa shape index (κ3) is 7.31. The largest absolute Gasteiger partial charge is 0.497 e. The number of methoxy groups -OCH3 is 1. The Balaban J connectivity index is 0.00000392. The monoisotopic (exact) mass is 517 g/mol. The Morgan fingerprint density at radius 1 is 1.14 bits per heavy atom. The van der Waals surface area contributed by atoms with Crippen LogP contribution in [-0.2, 0) is 16.4 Å². The number of hydrogen-bond donors (Lipinski definition) is 2. The van der Waals surface area contributed by atoms with Gasteiger partial charge in [-0.05, 0) is 36.2 Å². The number of guanidine groups is 1. The SMILES string of the molecule is CCC(CS(=O)(=O)c1ccccc1)NC(=NC)NCc1cccc(OC)c1.I. The maximum atomic E-state index is 12.6. The summed E-state index contributed by atoms with van der Waals surface area (Å²) in [5.41, 5.74) is 1.04. The molecular formula is C20H28IN3O3S. The normalized spacial score (nSPS) is 12.6. The lowest BCUT2D eigenvalue weighted by molar-refractivity contribution is 0.414. The average Bonchev–Trinajstić information content (AvgIpc) is 2.70. The van der Waals surface area contributed by atoms with E-state index in [0.29, 0.717) is 23.8 Å². The second-order valence-corrected chi connectivity index (χ2v) is 8.16. The van der Waals surface area contributed by atoms with Gasteiger partial charge in [0.15, 0.2) is 15.8 Å². The molecule has 0 heterocycles. The van der Waals surface area contributed by atoms with Crippen molar-refractivity contribution in [1.29, 1.82) is 0 Å². The first-order valence-electron chi connectivity index (χ1n) is 8.86. The Bertz CT molecular complexity index is 858. The van der Waals surface area contributed by atoms with Crippen LogP contribution in [0.15, 0.2) is 64.5 Å². The summed E-state index contributed by atoms with van der Waals surface area (Å²) in [6.07, 6.45) is 0.659. The van der Waals surface area contributed by atoms with Gasteiger partial charge in [0, 0.05) is 19.6 Å². The molecule has 2 N–H and O–H groups in total. The van der Waals surface area contributed by atoms with E-state index in [4.69, 9.17) is 4.74 Å². The number of sulfone groups is 1. The number of benzene rings is 2. The van der Waals surface area contributed by atoms with Gasteiger partial charge in [0.2, 0.25) is 0 Å². The molecule has 0 spiro atoms. The van der Waals surface area contributed by atoms with Crippen LogP contribution in [0.4, 0.5) is 0 Å². The highest BCUT2D eigenvalue weighted by Crippen LogP contribution is 2.13. The third-order valence-electron chi connectivity index (χ3n) is 4.17. The molecule has 8 heteroatoms. The lowest BCUT2D eigenvalue weighted by Gasteiger charge is -2.20. The minimum Gasteiger partial charge on any atom is -0.497 e. The fraction of sp³-hybridized carbons (Fsp3) is 0.350. The van der Waals surface area contributed by atoms with Crippen LogP contribution < -0.4 is 15.4 Å². The Morgan fingerprint density at radius 2 is 1.86 bits per heavy atom. The van der Waals surface area contributed by atoms with Crippen LogP contribution in [0.1, 0.15) is 18.9 Å². The Hall–Kier alpha value is -1.81. The second-order valence-electron chi connectivity index (χ2n) is 6.12. The van der Waals surface area contributed by atoms with Crippen molar-refractivity contribution < 1.29 is 13.2 Å². The summed E-state index contributed by atoms with van der Waals surface area (Å²) in [7, 11) is -0.0664. The van der Waals surface area contributed by atoms with Gasteiger partial charge in [-0.15, -0.1) is 24.0 Å².